The third-order valence-electron chi connectivity index (χ3n) is 3.77. The molecule has 0 unspecified atom stereocenters. The van der Waals surface area contributed by atoms with Crippen LogP contribution >= 0.6 is 11.3 Å². The predicted octanol–water partition coefficient (Wildman–Crippen LogP) is 4.10. The zero-order valence-electron chi connectivity index (χ0n) is 13.3. The van der Waals surface area contributed by atoms with E-state index in [0.717, 1.165) is 21.5 Å². The monoisotopic (exact) mass is 326 g/mol. The van der Waals surface area contributed by atoms with Crippen molar-refractivity contribution in [3.63, 3.8) is 0 Å². The first-order chi connectivity index (χ1) is 11.0. The first-order valence-electron chi connectivity index (χ1n) is 7.36. The van der Waals surface area contributed by atoms with Crippen LogP contribution in [-0.2, 0) is 11.2 Å². The molecule has 1 heterocycles. The topological polar surface area (TPSA) is 51.2 Å². The standard InChI is InChI=1S/C18H18N2O2S/c1-11-8-15-16(9-12(11)2)23-18(19-15)20-17(21)10-13-4-6-14(22-3)7-5-13/h4-9H,10H2,1-3H3,(H,19,20,21). The number of hydrogen-bond acceptors (Lipinski definition) is 4. The Morgan fingerprint density at radius 1 is 1.17 bits per heavy atom. The fourth-order valence-corrected chi connectivity index (χ4v) is 3.29. The predicted molar refractivity (Wildman–Crippen MR) is 94.4 cm³/mol. The first kappa shape index (κ1) is 15.5. The Kier molecular flexibility index (Phi) is 4.30. The highest BCUT2D eigenvalue weighted by Gasteiger charge is 2.10. The molecule has 0 atom stereocenters. The Labute approximate surface area is 139 Å². The Morgan fingerprint density at radius 2 is 1.87 bits per heavy atom. The summed E-state index contributed by atoms with van der Waals surface area (Å²) in [6.07, 6.45) is 0.317. The minimum Gasteiger partial charge on any atom is -0.497 e. The van der Waals surface area contributed by atoms with Crippen molar-refractivity contribution < 1.29 is 9.53 Å². The molecule has 2 aromatic carbocycles. The summed E-state index contributed by atoms with van der Waals surface area (Å²) in [7, 11) is 1.62. The average Bonchev–Trinajstić information content (AvgIpc) is 2.89. The Bertz CT molecular complexity index is 814. The van der Waals surface area contributed by atoms with E-state index in [1.54, 1.807) is 7.11 Å². The van der Waals surface area contributed by atoms with Gasteiger partial charge in [-0.25, -0.2) is 4.98 Å². The summed E-state index contributed by atoms with van der Waals surface area (Å²) in [6, 6.07) is 11.7. The van der Waals surface area contributed by atoms with Crippen molar-refractivity contribution in [1.82, 2.24) is 4.98 Å². The number of amides is 1. The van der Waals surface area contributed by atoms with Crippen LogP contribution < -0.4 is 10.1 Å². The normalized spacial score (nSPS) is 10.7. The van der Waals surface area contributed by atoms with Crippen molar-refractivity contribution in [2.45, 2.75) is 20.3 Å². The van der Waals surface area contributed by atoms with Crippen LogP contribution in [0.3, 0.4) is 0 Å². The number of fused-ring (bicyclic) bond motifs is 1. The Hall–Kier alpha value is -2.40. The molecule has 0 saturated heterocycles. The van der Waals surface area contributed by atoms with Gasteiger partial charge in [0.2, 0.25) is 5.91 Å². The summed E-state index contributed by atoms with van der Waals surface area (Å²) in [4.78, 5) is 16.7. The SMILES string of the molecule is COc1ccc(CC(=O)Nc2nc3cc(C)c(C)cc3s2)cc1. The lowest BCUT2D eigenvalue weighted by atomic mass is 10.1. The van der Waals surface area contributed by atoms with Crippen LogP contribution in [0.15, 0.2) is 36.4 Å². The summed E-state index contributed by atoms with van der Waals surface area (Å²) in [5.74, 6) is 0.716. The highest BCUT2D eigenvalue weighted by atomic mass is 32.1. The minimum absolute atomic E-state index is 0.0670. The second-order valence-corrected chi connectivity index (χ2v) is 6.53. The maximum Gasteiger partial charge on any atom is 0.230 e. The maximum atomic E-state index is 12.2. The number of carbonyl (C=O) groups is 1. The molecule has 118 valence electrons. The van der Waals surface area contributed by atoms with E-state index in [-0.39, 0.29) is 5.91 Å². The smallest absolute Gasteiger partial charge is 0.230 e. The number of ether oxygens (including phenoxy) is 1. The van der Waals surface area contributed by atoms with Gasteiger partial charge >= 0.3 is 0 Å². The summed E-state index contributed by atoms with van der Waals surface area (Å²) >= 11 is 1.50. The highest BCUT2D eigenvalue weighted by molar-refractivity contribution is 7.22. The van der Waals surface area contributed by atoms with E-state index in [4.69, 9.17) is 4.74 Å². The number of carbonyl (C=O) groups excluding carboxylic acids is 1. The van der Waals surface area contributed by atoms with Gasteiger partial charge in [-0.2, -0.15) is 0 Å². The molecule has 0 aliphatic carbocycles. The van der Waals surface area contributed by atoms with Gasteiger partial charge in [0.15, 0.2) is 5.13 Å². The third-order valence-corrected chi connectivity index (χ3v) is 4.71. The summed E-state index contributed by atoms with van der Waals surface area (Å²) in [5, 5.41) is 3.53. The molecule has 1 aromatic heterocycles. The molecule has 0 bridgehead atoms. The number of anilines is 1. The van der Waals surface area contributed by atoms with Gasteiger partial charge in [0.05, 0.1) is 23.7 Å². The Morgan fingerprint density at radius 3 is 2.57 bits per heavy atom. The quantitative estimate of drug-likeness (QED) is 0.785. The van der Waals surface area contributed by atoms with Crippen molar-refractivity contribution in [1.29, 1.82) is 0 Å². The lowest BCUT2D eigenvalue weighted by Gasteiger charge is -2.03. The van der Waals surface area contributed by atoms with E-state index in [1.165, 1.54) is 22.5 Å². The maximum absolute atomic E-state index is 12.2. The number of benzene rings is 2. The minimum atomic E-state index is -0.0670. The molecule has 3 rings (SSSR count). The molecule has 0 spiro atoms. The molecule has 0 radical (unpaired) electrons. The number of thiazole rings is 1. The van der Waals surface area contributed by atoms with Crippen LogP contribution in [0.5, 0.6) is 5.75 Å². The van der Waals surface area contributed by atoms with Gasteiger partial charge in [0.1, 0.15) is 5.75 Å². The number of methoxy groups -OCH3 is 1. The number of nitrogens with one attached hydrogen (secondary N) is 1. The molecule has 1 N–H and O–H groups in total. The molecule has 23 heavy (non-hydrogen) atoms. The van der Waals surface area contributed by atoms with Gasteiger partial charge in [0, 0.05) is 0 Å². The second kappa shape index (κ2) is 6.38. The molecular weight excluding hydrogens is 308 g/mol. The number of nitrogens with zero attached hydrogens (tertiary/aromatic N) is 1. The fraction of sp³-hybridized carbons (Fsp3) is 0.222. The summed E-state index contributed by atoms with van der Waals surface area (Å²) in [5.41, 5.74) is 4.31. The van der Waals surface area contributed by atoms with Crippen LogP contribution in [-0.4, -0.2) is 18.0 Å². The molecule has 0 fully saturated rings. The van der Waals surface area contributed by atoms with Gasteiger partial charge < -0.3 is 10.1 Å². The van der Waals surface area contributed by atoms with Gasteiger partial charge in [-0.1, -0.05) is 23.5 Å². The van der Waals surface area contributed by atoms with Crippen molar-refractivity contribution >= 4 is 32.6 Å². The molecule has 0 aliphatic heterocycles. The largest absolute Gasteiger partial charge is 0.497 e. The van der Waals surface area contributed by atoms with E-state index in [0.29, 0.717) is 11.6 Å². The number of aryl methyl sites for hydroxylation is 2. The van der Waals surface area contributed by atoms with Crippen LogP contribution in [0.4, 0.5) is 5.13 Å². The average molecular weight is 326 g/mol. The molecule has 5 heteroatoms. The van der Waals surface area contributed by atoms with Crippen molar-refractivity contribution in [2.75, 3.05) is 12.4 Å². The van der Waals surface area contributed by atoms with Gasteiger partial charge in [-0.3, -0.25) is 4.79 Å². The lowest BCUT2D eigenvalue weighted by Crippen LogP contribution is -2.14. The number of aromatic nitrogens is 1. The van der Waals surface area contributed by atoms with Crippen molar-refractivity contribution in [2.24, 2.45) is 0 Å². The van der Waals surface area contributed by atoms with Gasteiger partial charge in [0.25, 0.3) is 0 Å². The van der Waals surface area contributed by atoms with Crippen LogP contribution in [0.2, 0.25) is 0 Å². The van der Waals surface area contributed by atoms with Crippen LogP contribution in [0, 0.1) is 13.8 Å². The molecule has 3 aromatic rings. The number of rotatable bonds is 4. The zero-order valence-corrected chi connectivity index (χ0v) is 14.2. The molecule has 0 aliphatic rings. The summed E-state index contributed by atoms with van der Waals surface area (Å²) < 4.78 is 6.20. The van der Waals surface area contributed by atoms with E-state index < -0.39 is 0 Å². The molecule has 1 amide bonds. The van der Waals surface area contributed by atoms with E-state index >= 15 is 0 Å². The van der Waals surface area contributed by atoms with Crippen molar-refractivity contribution in [3.8, 4) is 5.75 Å². The van der Waals surface area contributed by atoms with E-state index in [9.17, 15) is 4.79 Å². The van der Waals surface area contributed by atoms with Gasteiger partial charge in [-0.15, -0.1) is 0 Å². The van der Waals surface area contributed by atoms with Gasteiger partial charge in [-0.05, 0) is 54.8 Å². The second-order valence-electron chi connectivity index (χ2n) is 5.50. The van der Waals surface area contributed by atoms with Crippen LogP contribution in [0.1, 0.15) is 16.7 Å². The molecule has 4 nitrogen and oxygen atoms in total. The highest BCUT2D eigenvalue weighted by Crippen LogP contribution is 2.28. The van der Waals surface area contributed by atoms with E-state index in [1.807, 2.05) is 24.3 Å². The third kappa shape index (κ3) is 3.51. The molecular formula is C18H18N2O2S. The van der Waals surface area contributed by atoms with E-state index in [2.05, 4.69) is 36.3 Å². The molecule has 0 saturated carbocycles. The Balaban J connectivity index is 1.71. The first-order valence-corrected chi connectivity index (χ1v) is 8.17. The zero-order chi connectivity index (χ0) is 16.4. The van der Waals surface area contributed by atoms with Crippen LogP contribution in [0.25, 0.3) is 10.2 Å². The van der Waals surface area contributed by atoms with Crippen molar-refractivity contribution in [3.05, 3.63) is 53.1 Å². The number of hydrogen-bond donors (Lipinski definition) is 1. The fourth-order valence-electron chi connectivity index (χ4n) is 2.33. The summed E-state index contributed by atoms with van der Waals surface area (Å²) in [6.45, 7) is 4.15. The lowest BCUT2D eigenvalue weighted by molar-refractivity contribution is -0.115.